The van der Waals surface area contributed by atoms with Crippen LogP contribution in [0, 0.1) is 17.5 Å². The number of piperazine rings is 1. The van der Waals surface area contributed by atoms with Gasteiger partial charge in [-0.25, -0.2) is 18.0 Å². The molecule has 0 aromatic heterocycles. The molecule has 2 fully saturated rings. The molecule has 2 aliphatic rings. The number of benzene rings is 3. The molecule has 0 radical (unpaired) electrons. The summed E-state index contributed by atoms with van der Waals surface area (Å²) in [5.74, 6) is -3.94. The molecule has 1 aliphatic heterocycles. The minimum Gasteiger partial charge on any atom is -0.453 e. The number of amides is 2. The average Bonchev–Trinajstić information content (AvgIpc) is 4.01. The third-order valence-corrected chi connectivity index (χ3v) is 8.32. The zero-order valence-corrected chi connectivity index (χ0v) is 30.7. The summed E-state index contributed by atoms with van der Waals surface area (Å²) in [7, 11) is 1.14. The van der Waals surface area contributed by atoms with Crippen molar-refractivity contribution in [2.45, 2.75) is 77.4 Å². The molecule has 51 heavy (non-hydrogen) atoms. The second-order valence-electron chi connectivity index (χ2n) is 11.0. The monoisotopic (exact) mass is 734 g/mol. The molecular weight excluding hydrogens is 685 g/mol. The number of hydrogen-bond donors (Lipinski definition) is 3. The Hall–Kier alpha value is -4.26. The quantitative estimate of drug-likeness (QED) is 0.200. The lowest BCUT2D eigenvalue weighted by Crippen LogP contribution is -2.52. The normalized spacial score (nSPS) is 16.0. The maximum Gasteiger partial charge on any atom is 0.407 e. The highest BCUT2D eigenvalue weighted by Crippen LogP contribution is 2.33. The molecule has 13 heteroatoms. The predicted molar refractivity (Wildman–Crippen MR) is 196 cm³/mol. The largest absolute Gasteiger partial charge is 0.453 e. The summed E-state index contributed by atoms with van der Waals surface area (Å²) < 4.78 is 48.8. The fraction of sp³-hybridized carbons (Fsp3) is 0.421. The second kappa shape index (κ2) is 24.0. The van der Waals surface area contributed by atoms with E-state index in [4.69, 9.17) is 25.9 Å². The molecule has 2 amide bonds. The zero-order valence-electron chi connectivity index (χ0n) is 29.9. The highest BCUT2D eigenvalue weighted by Gasteiger charge is 2.36. The van der Waals surface area contributed by atoms with Gasteiger partial charge in [0.15, 0.2) is 0 Å². The first kappa shape index (κ1) is 44.8. The second-order valence-corrected chi connectivity index (χ2v) is 11.4. The van der Waals surface area contributed by atoms with Crippen molar-refractivity contribution in [1.82, 2.24) is 15.5 Å². The minimum absolute atomic E-state index is 0.0980. The van der Waals surface area contributed by atoms with E-state index in [1.807, 2.05) is 41.3 Å². The number of methoxy groups -OCH3 is 1. The number of nitrogens with zero attached hydrogens (tertiary/aromatic N) is 1. The van der Waals surface area contributed by atoms with Crippen LogP contribution in [0.25, 0.3) is 0 Å². The van der Waals surface area contributed by atoms with Crippen LogP contribution in [0.1, 0.15) is 69.6 Å². The lowest BCUT2D eigenvalue weighted by Gasteiger charge is -2.36. The first-order chi connectivity index (χ1) is 24.7. The fourth-order valence-corrected chi connectivity index (χ4v) is 6.00. The summed E-state index contributed by atoms with van der Waals surface area (Å²) in [5, 5.41) is 9.13. The average molecular weight is 735 g/mol. The van der Waals surface area contributed by atoms with Gasteiger partial charge in [0.1, 0.15) is 37.1 Å². The maximum absolute atomic E-state index is 15.2. The van der Waals surface area contributed by atoms with E-state index in [1.165, 1.54) is 25.0 Å². The van der Waals surface area contributed by atoms with Crippen LogP contribution in [0.5, 0.6) is 0 Å². The van der Waals surface area contributed by atoms with E-state index in [1.54, 1.807) is 30.3 Å². The fourth-order valence-electron chi connectivity index (χ4n) is 5.87. The van der Waals surface area contributed by atoms with Gasteiger partial charge in [0.25, 0.3) is 0 Å². The molecule has 0 spiro atoms. The lowest BCUT2D eigenvalue weighted by atomic mass is 9.84. The molecule has 3 aromatic carbocycles. The molecule has 280 valence electrons. The number of anilines is 1. The van der Waals surface area contributed by atoms with Gasteiger partial charge in [-0.2, -0.15) is 0 Å². The summed E-state index contributed by atoms with van der Waals surface area (Å²) in [6.07, 6.45) is 2.49. The topological polar surface area (TPSA) is 117 Å². The summed E-state index contributed by atoms with van der Waals surface area (Å²) >= 11 is 6.09. The van der Waals surface area contributed by atoms with E-state index < -0.39 is 41.4 Å². The zero-order chi connectivity index (χ0) is 38.5. The van der Waals surface area contributed by atoms with Crippen molar-refractivity contribution in [3.63, 3.8) is 0 Å². The number of rotatable bonds is 10. The number of hydrogen-bond acceptors (Lipinski definition) is 7. The molecule has 1 aliphatic carbocycles. The predicted octanol–water partition coefficient (Wildman–Crippen LogP) is 7.30. The highest BCUT2D eigenvalue weighted by molar-refractivity contribution is 6.30. The Labute approximate surface area is 304 Å². The van der Waals surface area contributed by atoms with Crippen molar-refractivity contribution in [2.75, 3.05) is 32.1 Å². The van der Waals surface area contributed by atoms with Crippen molar-refractivity contribution >= 4 is 42.9 Å². The van der Waals surface area contributed by atoms with Crippen molar-refractivity contribution in [3.05, 3.63) is 99.8 Å². The van der Waals surface area contributed by atoms with Crippen LogP contribution in [-0.4, -0.2) is 75.3 Å². The molecular formula is C38H50ClF3N4O5. The molecule has 0 unspecified atom stereocenters. The molecule has 3 N–H and O–H groups in total. The summed E-state index contributed by atoms with van der Waals surface area (Å²) in [4.78, 5) is 44.9. The summed E-state index contributed by atoms with van der Waals surface area (Å²) in [5.41, 5.74) is 1.15. The van der Waals surface area contributed by atoms with Crippen LogP contribution in [0.2, 0.25) is 5.02 Å². The van der Waals surface area contributed by atoms with Gasteiger partial charge in [0.05, 0.1) is 7.11 Å². The van der Waals surface area contributed by atoms with Gasteiger partial charge in [0, 0.05) is 60.0 Å². The SMILES string of the molecule is C=O.C=O.CC.CC.COC(=O)N[C@H](C(=O)Nc1cccc(F)c1CC[C@H]1CNCCN1C1CC1)[C@@H](c1ccc(Cl)cc1)c1cc(F)cc(F)c1. The first-order valence-electron chi connectivity index (χ1n) is 16.9. The van der Waals surface area contributed by atoms with E-state index >= 15 is 4.39 Å². The standard InChI is InChI=1S/C32H34ClF3N4O3.2C2H6.2CH2O/c1-43-32(42)39-30(29(19-5-7-21(33)8-6-19)20-15-22(34)17-23(35)16-20)31(41)38-28-4-2-3-27(36)26(28)12-11-25-18-37-13-14-40(25)24-9-10-24;4*1-2/h2-8,15-17,24-25,29-30,37H,9-14,18H2,1H3,(H,38,41)(H,39,42);2*1-2H3;2*1H2/t25-,29-,30-;;;;/m0..../s1. The van der Waals surface area contributed by atoms with Crippen LogP contribution in [-0.2, 0) is 25.5 Å². The molecule has 3 atom stereocenters. The lowest BCUT2D eigenvalue weighted by molar-refractivity contribution is -0.118. The highest BCUT2D eigenvalue weighted by atomic mass is 35.5. The van der Waals surface area contributed by atoms with Gasteiger partial charge in [0.2, 0.25) is 5.91 Å². The molecule has 9 nitrogen and oxygen atoms in total. The van der Waals surface area contributed by atoms with Gasteiger partial charge in [-0.3, -0.25) is 9.69 Å². The third-order valence-electron chi connectivity index (χ3n) is 8.06. The van der Waals surface area contributed by atoms with Crippen molar-refractivity contribution < 1.29 is 37.1 Å². The van der Waals surface area contributed by atoms with Gasteiger partial charge in [-0.05, 0) is 73.2 Å². The van der Waals surface area contributed by atoms with E-state index in [0.717, 1.165) is 44.9 Å². The molecule has 1 saturated carbocycles. The number of halogens is 4. The Morgan fingerprint density at radius 1 is 0.941 bits per heavy atom. The Bertz CT molecular complexity index is 1470. The molecule has 1 saturated heterocycles. The van der Waals surface area contributed by atoms with E-state index in [-0.39, 0.29) is 17.3 Å². The van der Waals surface area contributed by atoms with E-state index in [9.17, 15) is 18.4 Å². The van der Waals surface area contributed by atoms with Gasteiger partial charge in [-0.1, -0.05) is 57.5 Å². The van der Waals surface area contributed by atoms with Crippen LogP contribution in [0.4, 0.5) is 23.7 Å². The van der Waals surface area contributed by atoms with Crippen LogP contribution in [0.3, 0.4) is 0 Å². The number of carbonyl (C=O) groups excluding carboxylic acids is 4. The molecule has 0 bridgehead atoms. The third kappa shape index (κ3) is 13.4. The number of ether oxygens (including phenoxy) is 1. The maximum atomic E-state index is 15.2. The summed E-state index contributed by atoms with van der Waals surface area (Å²) in [6.45, 7) is 14.7. The van der Waals surface area contributed by atoms with Crippen molar-refractivity contribution in [1.29, 1.82) is 0 Å². The van der Waals surface area contributed by atoms with Gasteiger partial charge in [-0.15, -0.1) is 0 Å². The molecule has 3 aromatic rings. The van der Waals surface area contributed by atoms with Crippen LogP contribution >= 0.6 is 11.6 Å². The van der Waals surface area contributed by atoms with Crippen molar-refractivity contribution in [2.24, 2.45) is 0 Å². The van der Waals surface area contributed by atoms with Gasteiger partial charge >= 0.3 is 6.09 Å². The van der Waals surface area contributed by atoms with Crippen LogP contribution < -0.4 is 16.0 Å². The number of nitrogens with one attached hydrogen (secondary N) is 3. The molecule has 5 rings (SSSR count). The van der Waals surface area contributed by atoms with Crippen molar-refractivity contribution in [3.8, 4) is 0 Å². The Morgan fingerprint density at radius 2 is 1.55 bits per heavy atom. The minimum atomic E-state index is -1.40. The van der Waals surface area contributed by atoms with Crippen LogP contribution in [0.15, 0.2) is 60.7 Å². The summed E-state index contributed by atoms with van der Waals surface area (Å²) in [6, 6.07) is 13.1. The Kier molecular flexibility index (Phi) is 21.1. The number of alkyl carbamates (subject to hydrolysis) is 1. The Balaban J connectivity index is 0.00000152. The van der Waals surface area contributed by atoms with Gasteiger partial charge < -0.3 is 30.3 Å². The Morgan fingerprint density at radius 3 is 2.12 bits per heavy atom. The van der Waals surface area contributed by atoms with E-state index in [0.29, 0.717) is 35.0 Å². The first-order valence-corrected chi connectivity index (χ1v) is 17.3. The molecule has 1 heterocycles. The van der Waals surface area contributed by atoms with E-state index in [2.05, 4.69) is 20.9 Å². The smallest absolute Gasteiger partial charge is 0.407 e. The number of carbonyl (C=O) groups is 4.